The third-order valence-corrected chi connectivity index (χ3v) is 13.0. The van der Waals surface area contributed by atoms with E-state index < -0.39 is 0 Å². The number of nitrogens with zero attached hydrogens (tertiary/aromatic N) is 1. The number of nitrogens with one attached hydrogen (secondary N) is 1. The summed E-state index contributed by atoms with van der Waals surface area (Å²) in [7, 11) is 2.23. The van der Waals surface area contributed by atoms with E-state index in [1.807, 2.05) is 24.3 Å². The molecule has 8 aromatic carbocycles. The van der Waals surface area contributed by atoms with Crippen LogP contribution in [0.3, 0.4) is 0 Å². The highest BCUT2D eigenvalue weighted by Gasteiger charge is 2.36. The van der Waals surface area contributed by atoms with E-state index in [1.165, 1.54) is 11.1 Å². The molecule has 0 unspecified atom stereocenters. The number of hydrogen-bond donors (Lipinski definition) is 1. The maximum atomic E-state index is 7.06. The van der Waals surface area contributed by atoms with Crippen molar-refractivity contribution < 1.29 is 13.3 Å². The summed E-state index contributed by atoms with van der Waals surface area (Å²) in [5.74, 6) is 0. The zero-order chi connectivity index (χ0) is 43.5. The number of fused-ring (bicyclic) bond motifs is 10. The molecule has 1 aliphatic rings. The monoisotopic (exact) mass is 829 g/mol. The fraction of sp³-hybridized carbons (Fsp3) is 0.138. The Morgan fingerprint density at radius 2 is 1.11 bits per heavy atom. The van der Waals surface area contributed by atoms with Crippen molar-refractivity contribution in [3.63, 3.8) is 0 Å². The first-order valence-electron chi connectivity index (χ1n) is 22.2. The summed E-state index contributed by atoms with van der Waals surface area (Å²) in [6.45, 7) is 13.6. The topological polar surface area (TPSA) is 54.7 Å². The van der Waals surface area contributed by atoms with Crippen molar-refractivity contribution in [1.29, 1.82) is 0 Å². The molecular weight excluding hydrogens is 783 g/mol. The molecule has 0 atom stereocenters. The lowest BCUT2D eigenvalue weighted by atomic mass is 9.61. The summed E-state index contributed by atoms with van der Waals surface area (Å²) in [6, 6.07) is 58.3. The van der Waals surface area contributed by atoms with Crippen LogP contribution in [0, 0.1) is 0 Å². The third kappa shape index (κ3) is 6.00. The molecular formula is C58H46BN2O3. The number of anilines is 5. The lowest BCUT2D eigenvalue weighted by Gasteiger charge is -2.35. The molecule has 0 saturated heterocycles. The van der Waals surface area contributed by atoms with Gasteiger partial charge in [-0.15, -0.1) is 0 Å². The minimum atomic E-state index is -0.0649. The number of benzene rings is 8. The number of furan rings is 3. The van der Waals surface area contributed by atoms with Gasteiger partial charge in [0.2, 0.25) is 7.28 Å². The highest BCUT2D eigenvalue weighted by molar-refractivity contribution is 6.73. The molecule has 0 spiro atoms. The van der Waals surface area contributed by atoms with Gasteiger partial charge in [0.1, 0.15) is 27.9 Å². The molecule has 0 bridgehead atoms. The maximum absolute atomic E-state index is 7.06. The fourth-order valence-electron chi connectivity index (χ4n) is 9.74. The van der Waals surface area contributed by atoms with E-state index >= 15 is 0 Å². The highest BCUT2D eigenvalue weighted by Crippen LogP contribution is 2.51. The molecule has 12 rings (SSSR count). The molecule has 0 saturated carbocycles. The van der Waals surface area contributed by atoms with Crippen LogP contribution in [0.15, 0.2) is 177 Å². The molecule has 5 nitrogen and oxygen atoms in total. The molecule has 0 aliphatic carbocycles. The first kappa shape index (κ1) is 38.3. The smallest absolute Gasteiger partial charge is 0.247 e. The van der Waals surface area contributed by atoms with E-state index in [4.69, 9.17) is 13.3 Å². The first-order valence-corrected chi connectivity index (χ1v) is 22.2. The summed E-state index contributed by atoms with van der Waals surface area (Å²) in [4.78, 5) is 2.44. The van der Waals surface area contributed by atoms with Gasteiger partial charge >= 0.3 is 0 Å². The summed E-state index contributed by atoms with van der Waals surface area (Å²) >= 11 is 0. The lowest BCUT2D eigenvalue weighted by Crippen LogP contribution is -2.40. The molecule has 0 amide bonds. The molecule has 6 heteroatoms. The van der Waals surface area contributed by atoms with Crippen molar-refractivity contribution >= 4 is 102 Å². The van der Waals surface area contributed by atoms with Gasteiger partial charge in [0.05, 0.1) is 28.1 Å². The Hall–Kier alpha value is -7.44. The second kappa shape index (κ2) is 14.0. The van der Waals surface area contributed by atoms with Gasteiger partial charge in [-0.2, -0.15) is 0 Å². The van der Waals surface area contributed by atoms with Gasteiger partial charge in [-0.25, -0.2) is 0 Å². The molecule has 1 N–H and O–H groups in total. The van der Waals surface area contributed by atoms with Gasteiger partial charge in [-0.05, 0) is 99.7 Å². The van der Waals surface area contributed by atoms with Crippen molar-refractivity contribution in [3.05, 3.63) is 175 Å². The summed E-state index contributed by atoms with van der Waals surface area (Å²) in [5, 5.41) is 9.14. The van der Waals surface area contributed by atoms with Gasteiger partial charge in [0.15, 0.2) is 0 Å². The van der Waals surface area contributed by atoms with Gasteiger partial charge < -0.3 is 23.5 Å². The Morgan fingerprint density at radius 3 is 1.83 bits per heavy atom. The number of hydrogen-bond acceptors (Lipinski definition) is 5. The van der Waals surface area contributed by atoms with E-state index in [2.05, 4.69) is 199 Å². The van der Waals surface area contributed by atoms with Crippen LogP contribution in [-0.2, 0) is 10.8 Å². The molecule has 11 aromatic rings. The average Bonchev–Trinajstić information content (AvgIpc) is 3.99. The van der Waals surface area contributed by atoms with Crippen LogP contribution in [0.5, 0.6) is 0 Å². The van der Waals surface area contributed by atoms with Crippen molar-refractivity contribution in [2.75, 3.05) is 10.2 Å². The molecule has 3 aromatic heterocycles. The van der Waals surface area contributed by atoms with Gasteiger partial charge in [0, 0.05) is 49.6 Å². The Kier molecular flexibility index (Phi) is 8.39. The van der Waals surface area contributed by atoms with Crippen LogP contribution in [0.4, 0.5) is 28.4 Å². The Balaban J connectivity index is 1.21. The number of para-hydroxylation sites is 3. The van der Waals surface area contributed by atoms with Crippen LogP contribution in [0.25, 0.3) is 77.1 Å². The first-order chi connectivity index (χ1) is 31.0. The van der Waals surface area contributed by atoms with Crippen molar-refractivity contribution in [2.24, 2.45) is 0 Å². The highest BCUT2D eigenvalue weighted by atomic mass is 16.3. The second-order valence-corrected chi connectivity index (χ2v) is 19.2. The van der Waals surface area contributed by atoms with E-state index in [0.29, 0.717) is 0 Å². The van der Waals surface area contributed by atoms with E-state index in [9.17, 15) is 0 Å². The molecule has 4 heterocycles. The second-order valence-electron chi connectivity index (χ2n) is 19.2. The van der Waals surface area contributed by atoms with Crippen LogP contribution >= 0.6 is 0 Å². The summed E-state index contributed by atoms with van der Waals surface area (Å²) < 4.78 is 20.5. The molecule has 1 radical (unpaired) electrons. The minimum Gasteiger partial charge on any atom is -0.469 e. The minimum absolute atomic E-state index is 0.0190. The lowest BCUT2D eigenvalue weighted by molar-refractivity contribution is 0.590. The van der Waals surface area contributed by atoms with Crippen LogP contribution in [-0.4, -0.2) is 7.28 Å². The Bertz CT molecular complexity index is 3640. The Labute approximate surface area is 373 Å². The van der Waals surface area contributed by atoms with E-state index in [1.54, 1.807) is 0 Å². The van der Waals surface area contributed by atoms with Crippen LogP contribution in [0.2, 0.25) is 0 Å². The third-order valence-electron chi connectivity index (χ3n) is 13.0. The maximum Gasteiger partial charge on any atom is 0.247 e. The Morgan fingerprint density at radius 1 is 0.484 bits per heavy atom. The fourth-order valence-corrected chi connectivity index (χ4v) is 9.74. The van der Waals surface area contributed by atoms with Crippen LogP contribution in [0.1, 0.15) is 52.7 Å². The zero-order valence-corrected chi connectivity index (χ0v) is 36.8. The van der Waals surface area contributed by atoms with Gasteiger partial charge in [-0.3, -0.25) is 0 Å². The molecule has 1 aliphatic heterocycles. The average molecular weight is 830 g/mol. The zero-order valence-electron chi connectivity index (χ0n) is 36.8. The molecule has 64 heavy (non-hydrogen) atoms. The van der Waals surface area contributed by atoms with Crippen molar-refractivity contribution in [2.45, 2.75) is 52.4 Å². The number of rotatable bonds is 5. The summed E-state index contributed by atoms with van der Waals surface area (Å²) in [5.41, 5.74) is 17.6. The van der Waals surface area contributed by atoms with Crippen molar-refractivity contribution in [1.82, 2.24) is 0 Å². The largest absolute Gasteiger partial charge is 0.469 e. The van der Waals surface area contributed by atoms with Crippen molar-refractivity contribution in [3.8, 4) is 22.3 Å². The standard InChI is InChI=1S/C58H46BN2O3/c1-57(2,3)35-24-27-37(28-25-35)60-53-41(29-31-49-50(53)39-19-11-14-22-47(39)62-49)51-52-45(33-43-38-18-10-13-21-46(38)63-55(43)51)61(54-40-20-12-15-23-48(40)64-56(54)59-52)44-30-26-36(58(4,5)6)32-42(44)34-16-8-7-9-17-34/h7-33,60H,1-6H3. The molecule has 309 valence electrons. The quantitative estimate of drug-likeness (QED) is 0.175. The molecule has 0 fully saturated rings. The van der Waals surface area contributed by atoms with Gasteiger partial charge in [0.25, 0.3) is 0 Å². The van der Waals surface area contributed by atoms with E-state index in [0.717, 1.165) is 117 Å². The normalized spacial score (nSPS) is 12.9. The predicted molar refractivity (Wildman–Crippen MR) is 268 cm³/mol. The van der Waals surface area contributed by atoms with Crippen LogP contribution < -0.4 is 21.3 Å². The predicted octanol–water partition coefficient (Wildman–Crippen LogP) is 15.3. The summed E-state index contributed by atoms with van der Waals surface area (Å²) in [6.07, 6.45) is 0. The van der Waals surface area contributed by atoms with Gasteiger partial charge in [-0.1, -0.05) is 139 Å². The SMILES string of the molecule is CC(C)(C)c1ccc(Nc2c(-c3c4c(cc5c3oc3ccccc35)N(c3ccc(C(C)(C)C)cc3-c3ccccc3)c3c(oc5ccccc35)[B]4)ccc3oc4ccccc4c23)cc1. The van der Waals surface area contributed by atoms with E-state index in [-0.39, 0.29) is 10.8 Å².